The predicted molar refractivity (Wildman–Crippen MR) is 108 cm³/mol. The molecule has 0 radical (unpaired) electrons. The number of hydrogen-bond acceptors (Lipinski definition) is 8. The molecule has 1 aliphatic heterocycles. The van der Waals surface area contributed by atoms with Gasteiger partial charge in [0.1, 0.15) is 21.2 Å². The highest BCUT2D eigenvalue weighted by Crippen LogP contribution is 2.25. The van der Waals surface area contributed by atoms with Crippen molar-refractivity contribution < 1.29 is 9.26 Å². The molecule has 3 aromatic heterocycles. The molecule has 0 spiro atoms. The number of ether oxygens (including phenoxy) is 1. The Labute approximate surface area is 170 Å². The first-order valence-corrected chi connectivity index (χ1v) is 9.84. The van der Waals surface area contributed by atoms with Crippen LogP contribution in [0.1, 0.15) is 24.3 Å². The van der Waals surface area contributed by atoms with E-state index in [1.165, 1.54) is 0 Å². The Hall–Kier alpha value is -2.30. The van der Waals surface area contributed by atoms with E-state index in [0.717, 1.165) is 46.8 Å². The summed E-state index contributed by atoms with van der Waals surface area (Å²) >= 11 is 2.19. The van der Waals surface area contributed by atoms with E-state index < -0.39 is 0 Å². The number of nitrogens with zero attached hydrogens (tertiary/aromatic N) is 6. The summed E-state index contributed by atoms with van der Waals surface area (Å²) in [6, 6.07) is 5.87. The van der Waals surface area contributed by atoms with Crippen molar-refractivity contribution in [2.75, 3.05) is 18.0 Å². The summed E-state index contributed by atoms with van der Waals surface area (Å²) in [6.45, 7) is 5.53. The van der Waals surface area contributed by atoms with Crippen molar-refractivity contribution in [1.82, 2.24) is 25.3 Å². The molecule has 0 unspecified atom stereocenters. The normalized spacial score (nSPS) is 15.1. The highest BCUT2D eigenvalue weighted by Gasteiger charge is 2.23. The molecule has 0 aliphatic carbocycles. The van der Waals surface area contributed by atoms with E-state index in [-0.39, 0.29) is 6.10 Å². The third-order valence-electron chi connectivity index (χ3n) is 4.46. The molecule has 8 nitrogen and oxygen atoms in total. The Morgan fingerprint density at radius 3 is 2.63 bits per heavy atom. The van der Waals surface area contributed by atoms with Gasteiger partial charge in [-0.2, -0.15) is 4.98 Å². The molecule has 3 aromatic rings. The van der Waals surface area contributed by atoms with Crippen molar-refractivity contribution >= 4 is 28.4 Å². The predicted octanol–water partition coefficient (Wildman–Crippen LogP) is 3.19. The third-order valence-corrected chi connectivity index (χ3v) is 5.10. The van der Waals surface area contributed by atoms with E-state index in [1.54, 1.807) is 13.1 Å². The monoisotopic (exact) mass is 478 g/mol. The van der Waals surface area contributed by atoms with Gasteiger partial charge in [-0.05, 0) is 53.3 Å². The summed E-state index contributed by atoms with van der Waals surface area (Å²) in [5, 5.41) is 12.6. The fourth-order valence-corrected chi connectivity index (χ4v) is 3.43. The third kappa shape index (κ3) is 4.18. The van der Waals surface area contributed by atoms with Crippen LogP contribution in [0.4, 0.5) is 5.82 Å². The maximum absolute atomic E-state index is 6.05. The highest BCUT2D eigenvalue weighted by atomic mass is 127. The second-order valence-corrected chi connectivity index (χ2v) is 7.60. The van der Waals surface area contributed by atoms with Gasteiger partial charge < -0.3 is 14.2 Å². The largest absolute Gasteiger partial charge is 0.489 e. The van der Waals surface area contributed by atoms with Crippen LogP contribution in [0, 0.1) is 17.5 Å². The molecule has 4 heterocycles. The van der Waals surface area contributed by atoms with Gasteiger partial charge in [0.15, 0.2) is 5.82 Å². The average Bonchev–Trinajstić information content (AvgIpc) is 3.11. The van der Waals surface area contributed by atoms with E-state index in [0.29, 0.717) is 17.4 Å². The topological polar surface area (TPSA) is 90.1 Å². The molecule has 0 N–H and O–H groups in total. The fourth-order valence-electron chi connectivity index (χ4n) is 3.11. The number of aromatic nitrogens is 5. The number of hydrogen-bond donors (Lipinski definition) is 0. The van der Waals surface area contributed by atoms with Crippen LogP contribution in [0.3, 0.4) is 0 Å². The van der Waals surface area contributed by atoms with Gasteiger partial charge in [0, 0.05) is 32.9 Å². The van der Waals surface area contributed by atoms with Crippen molar-refractivity contribution in [3.05, 3.63) is 39.6 Å². The highest BCUT2D eigenvalue weighted by molar-refractivity contribution is 14.1. The van der Waals surface area contributed by atoms with E-state index in [2.05, 4.69) is 52.8 Å². The van der Waals surface area contributed by atoms with Crippen molar-refractivity contribution in [3.8, 4) is 17.3 Å². The molecule has 0 amide bonds. The van der Waals surface area contributed by atoms with Crippen LogP contribution < -0.4 is 9.64 Å². The van der Waals surface area contributed by atoms with Crippen molar-refractivity contribution in [2.45, 2.75) is 32.8 Å². The second kappa shape index (κ2) is 7.75. The summed E-state index contributed by atoms with van der Waals surface area (Å²) in [5.74, 6) is 2.70. The van der Waals surface area contributed by atoms with Crippen LogP contribution in [0.2, 0.25) is 0 Å². The van der Waals surface area contributed by atoms with Crippen LogP contribution in [-0.2, 0) is 0 Å². The van der Waals surface area contributed by atoms with Gasteiger partial charge in [-0.3, -0.25) is 0 Å². The molecule has 1 aliphatic rings. The van der Waals surface area contributed by atoms with Crippen molar-refractivity contribution in [3.63, 3.8) is 0 Å². The molecular formula is C18H19IN6O2. The smallest absolute Gasteiger partial charge is 0.223 e. The summed E-state index contributed by atoms with van der Waals surface area (Å²) in [5.41, 5.74) is 1.67. The zero-order chi connectivity index (χ0) is 18.8. The molecule has 0 aromatic carbocycles. The molecule has 0 bridgehead atoms. The zero-order valence-corrected chi connectivity index (χ0v) is 17.3. The summed E-state index contributed by atoms with van der Waals surface area (Å²) in [6.07, 6.45) is 3.83. The number of aryl methyl sites for hydroxylation is 2. The number of piperidine rings is 1. The van der Waals surface area contributed by atoms with Gasteiger partial charge >= 0.3 is 0 Å². The zero-order valence-electron chi connectivity index (χ0n) is 15.1. The Morgan fingerprint density at radius 1 is 1.19 bits per heavy atom. The molecule has 0 saturated carbocycles. The number of anilines is 1. The molecule has 27 heavy (non-hydrogen) atoms. The van der Waals surface area contributed by atoms with Gasteiger partial charge in [-0.1, -0.05) is 5.16 Å². The summed E-state index contributed by atoms with van der Waals surface area (Å²) < 4.78 is 12.0. The van der Waals surface area contributed by atoms with E-state index in [4.69, 9.17) is 9.26 Å². The lowest BCUT2D eigenvalue weighted by molar-refractivity contribution is 0.170. The number of rotatable bonds is 4. The average molecular weight is 478 g/mol. The lowest BCUT2D eigenvalue weighted by atomic mass is 10.1. The first kappa shape index (κ1) is 18.1. The van der Waals surface area contributed by atoms with Crippen LogP contribution in [0.5, 0.6) is 5.75 Å². The molecule has 140 valence electrons. The molecule has 4 rings (SSSR count). The minimum Gasteiger partial charge on any atom is -0.489 e. The number of halogens is 1. The first-order valence-electron chi connectivity index (χ1n) is 8.76. The van der Waals surface area contributed by atoms with Gasteiger partial charge in [0.2, 0.25) is 11.7 Å². The van der Waals surface area contributed by atoms with Crippen LogP contribution >= 0.6 is 22.6 Å². The Bertz CT molecular complexity index is 922. The SMILES string of the molecule is Cc1nc(-c2cc(C)c(N3CCC(Oc4ccc(I)nc4)CC3)nn2)no1. The fraction of sp³-hybridized carbons (Fsp3) is 0.389. The Morgan fingerprint density at radius 2 is 2.00 bits per heavy atom. The summed E-state index contributed by atoms with van der Waals surface area (Å²) in [4.78, 5) is 10.7. The van der Waals surface area contributed by atoms with E-state index in [9.17, 15) is 0 Å². The first-order chi connectivity index (χ1) is 13.1. The van der Waals surface area contributed by atoms with Gasteiger partial charge in [-0.15, -0.1) is 10.2 Å². The van der Waals surface area contributed by atoms with Crippen LogP contribution in [0.25, 0.3) is 11.5 Å². The molecule has 1 saturated heterocycles. The molecule has 0 atom stereocenters. The van der Waals surface area contributed by atoms with Crippen LogP contribution in [-0.4, -0.2) is 44.5 Å². The van der Waals surface area contributed by atoms with E-state index in [1.807, 2.05) is 25.1 Å². The van der Waals surface area contributed by atoms with Crippen molar-refractivity contribution in [1.29, 1.82) is 0 Å². The van der Waals surface area contributed by atoms with Gasteiger partial charge in [0.25, 0.3) is 0 Å². The van der Waals surface area contributed by atoms with Gasteiger partial charge in [-0.25, -0.2) is 4.98 Å². The lowest BCUT2D eigenvalue weighted by Gasteiger charge is -2.33. The van der Waals surface area contributed by atoms with Crippen molar-refractivity contribution in [2.24, 2.45) is 0 Å². The second-order valence-electron chi connectivity index (χ2n) is 6.49. The molecule has 9 heteroatoms. The maximum Gasteiger partial charge on any atom is 0.223 e. The maximum atomic E-state index is 6.05. The van der Waals surface area contributed by atoms with Gasteiger partial charge in [0.05, 0.1) is 6.20 Å². The lowest BCUT2D eigenvalue weighted by Crippen LogP contribution is -2.39. The number of pyridine rings is 1. The Balaban J connectivity index is 1.39. The Kier molecular flexibility index (Phi) is 5.19. The minimum atomic E-state index is 0.193. The molecular weight excluding hydrogens is 459 g/mol. The summed E-state index contributed by atoms with van der Waals surface area (Å²) in [7, 11) is 0. The van der Waals surface area contributed by atoms with Crippen LogP contribution in [0.15, 0.2) is 28.9 Å². The minimum absolute atomic E-state index is 0.193. The molecule has 1 fully saturated rings. The quantitative estimate of drug-likeness (QED) is 0.417. The standard InChI is InChI=1S/C18H19IN6O2/c1-11-9-15(17-21-12(2)27-24-17)22-23-18(11)25-7-5-13(6-8-25)26-14-3-4-16(19)20-10-14/h3-4,9-10,13H,5-8H2,1-2H3. The van der Waals surface area contributed by atoms with E-state index >= 15 is 0 Å².